The number of aliphatic imine (C=N–C) groups is 1. The largest absolute Gasteiger partial charge is 0.490 e. The summed E-state index contributed by atoms with van der Waals surface area (Å²) in [7, 11) is 1.81. The molecule has 0 bridgehead atoms. The number of rotatable bonds is 7. The maximum absolute atomic E-state index is 6.10. The van der Waals surface area contributed by atoms with Gasteiger partial charge in [-0.3, -0.25) is 9.89 Å². The predicted octanol–water partition coefficient (Wildman–Crippen LogP) is 2.40. The zero-order chi connectivity index (χ0) is 18.7. The van der Waals surface area contributed by atoms with Crippen LogP contribution in [0.2, 0.25) is 0 Å². The third kappa shape index (κ3) is 7.03. The second kappa shape index (κ2) is 11.1. The standard InChI is InChI=1S/C21H34N4O2/c1-22-21(23-11-12-25-13-15-26-16-14-25)24-17-18-7-9-20(10-8-18)27-19-5-3-2-4-6-19/h7-10,19H,2-6,11-17H2,1H3,(H2,22,23,24). The normalized spacial score (nSPS) is 19.7. The topological polar surface area (TPSA) is 58.1 Å². The van der Waals surface area contributed by atoms with Crippen molar-refractivity contribution < 1.29 is 9.47 Å². The molecule has 150 valence electrons. The summed E-state index contributed by atoms with van der Waals surface area (Å²) in [4.78, 5) is 6.72. The molecular weight excluding hydrogens is 340 g/mol. The Morgan fingerprint density at radius 2 is 1.85 bits per heavy atom. The second-order valence-electron chi connectivity index (χ2n) is 7.33. The van der Waals surface area contributed by atoms with Gasteiger partial charge in [0.05, 0.1) is 19.3 Å². The molecule has 2 fully saturated rings. The fourth-order valence-corrected chi connectivity index (χ4v) is 3.62. The number of ether oxygens (including phenoxy) is 2. The SMILES string of the molecule is CN=C(NCCN1CCOCC1)NCc1ccc(OC2CCCCC2)cc1. The van der Waals surface area contributed by atoms with E-state index in [1.54, 1.807) is 0 Å². The number of hydrogen-bond acceptors (Lipinski definition) is 4. The Hall–Kier alpha value is -1.79. The van der Waals surface area contributed by atoms with Crippen molar-refractivity contribution in [2.75, 3.05) is 46.4 Å². The van der Waals surface area contributed by atoms with Gasteiger partial charge < -0.3 is 20.1 Å². The van der Waals surface area contributed by atoms with Crippen molar-refractivity contribution in [1.29, 1.82) is 0 Å². The van der Waals surface area contributed by atoms with Crippen LogP contribution in [-0.2, 0) is 11.3 Å². The van der Waals surface area contributed by atoms with E-state index in [2.05, 4.69) is 44.8 Å². The Balaban J connectivity index is 1.36. The summed E-state index contributed by atoms with van der Waals surface area (Å²) in [6.07, 6.45) is 6.73. The Kier molecular flexibility index (Phi) is 8.24. The van der Waals surface area contributed by atoms with Crippen molar-refractivity contribution >= 4 is 5.96 Å². The molecule has 0 radical (unpaired) electrons. The Bertz CT molecular complexity index is 564. The molecule has 6 nitrogen and oxygen atoms in total. The molecule has 1 aliphatic carbocycles. The van der Waals surface area contributed by atoms with E-state index in [9.17, 15) is 0 Å². The highest BCUT2D eigenvalue weighted by atomic mass is 16.5. The Morgan fingerprint density at radius 3 is 2.56 bits per heavy atom. The first-order chi connectivity index (χ1) is 13.3. The number of nitrogens with one attached hydrogen (secondary N) is 2. The quantitative estimate of drug-likeness (QED) is 0.567. The third-order valence-corrected chi connectivity index (χ3v) is 5.29. The third-order valence-electron chi connectivity index (χ3n) is 5.29. The van der Waals surface area contributed by atoms with E-state index in [4.69, 9.17) is 9.47 Å². The first-order valence-electron chi connectivity index (χ1n) is 10.3. The van der Waals surface area contributed by atoms with E-state index < -0.39 is 0 Å². The van der Waals surface area contributed by atoms with Gasteiger partial charge in [-0.1, -0.05) is 18.6 Å². The van der Waals surface area contributed by atoms with E-state index in [1.165, 1.54) is 37.7 Å². The van der Waals surface area contributed by atoms with E-state index in [1.807, 2.05) is 7.05 Å². The van der Waals surface area contributed by atoms with Crippen LogP contribution in [0.3, 0.4) is 0 Å². The molecule has 0 aromatic heterocycles. The molecule has 6 heteroatoms. The van der Waals surface area contributed by atoms with Crippen molar-refractivity contribution in [3.05, 3.63) is 29.8 Å². The summed E-state index contributed by atoms with van der Waals surface area (Å²) < 4.78 is 11.5. The molecule has 1 heterocycles. The maximum atomic E-state index is 6.10. The van der Waals surface area contributed by atoms with Crippen LogP contribution in [0.25, 0.3) is 0 Å². The van der Waals surface area contributed by atoms with Crippen molar-refractivity contribution in [2.45, 2.75) is 44.8 Å². The van der Waals surface area contributed by atoms with E-state index in [0.29, 0.717) is 6.10 Å². The predicted molar refractivity (Wildman–Crippen MR) is 109 cm³/mol. The molecule has 2 aliphatic rings. The fourth-order valence-electron chi connectivity index (χ4n) is 3.62. The van der Waals surface area contributed by atoms with Gasteiger partial charge in [0.1, 0.15) is 5.75 Å². The minimum absolute atomic E-state index is 0.400. The van der Waals surface area contributed by atoms with Crippen molar-refractivity contribution in [3.8, 4) is 5.75 Å². The van der Waals surface area contributed by atoms with Crippen LogP contribution >= 0.6 is 0 Å². The molecule has 0 unspecified atom stereocenters. The molecule has 1 aromatic rings. The van der Waals surface area contributed by atoms with Crippen LogP contribution in [0.15, 0.2) is 29.3 Å². The summed E-state index contributed by atoms with van der Waals surface area (Å²) in [6, 6.07) is 8.43. The number of hydrogen-bond donors (Lipinski definition) is 2. The highest BCUT2D eigenvalue weighted by Gasteiger charge is 2.14. The van der Waals surface area contributed by atoms with Crippen LogP contribution in [0, 0.1) is 0 Å². The molecule has 1 saturated heterocycles. The smallest absolute Gasteiger partial charge is 0.191 e. The van der Waals surface area contributed by atoms with Crippen LogP contribution in [0.4, 0.5) is 0 Å². The van der Waals surface area contributed by atoms with Gasteiger partial charge in [0.2, 0.25) is 0 Å². The molecule has 2 N–H and O–H groups in total. The molecule has 0 spiro atoms. The molecule has 1 aliphatic heterocycles. The van der Waals surface area contributed by atoms with Gasteiger partial charge in [-0.2, -0.15) is 0 Å². The second-order valence-corrected chi connectivity index (χ2v) is 7.33. The summed E-state index contributed by atoms with van der Waals surface area (Å²) in [5.74, 6) is 1.82. The average Bonchev–Trinajstić information content (AvgIpc) is 2.73. The summed E-state index contributed by atoms with van der Waals surface area (Å²) in [5, 5.41) is 6.76. The van der Waals surface area contributed by atoms with Crippen LogP contribution < -0.4 is 15.4 Å². The average molecular weight is 375 g/mol. The number of benzene rings is 1. The van der Waals surface area contributed by atoms with E-state index in [-0.39, 0.29) is 0 Å². The fraction of sp³-hybridized carbons (Fsp3) is 0.667. The van der Waals surface area contributed by atoms with Crippen LogP contribution in [0.1, 0.15) is 37.7 Å². The highest BCUT2D eigenvalue weighted by Crippen LogP contribution is 2.23. The molecule has 0 atom stereocenters. The summed E-state index contributed by atoms with van der Waals surface area (Å²) in [6.45, 7) is 6.36. The number of nitrogens with zero attached hydrogens (tertiary/aromatic N) is 2. The molecule has 3 rings (SSSR count). The minimum Gasteiger partial charge on any atom is -0.490 e. The highest BCUT2D eigenvalue weighted by molar-refractivity contribution is 5.79. The number of guanidine groups is 1. The van der Waals surface area contributed by atoms with Gasteiger partial charge in [-0.15, -0.1) is 0 Å². The first kappa shape index (κ1) is 20.0. The Labute approximate surface area is 163 Å². The zero-order valence-corrected chi connectivity index (χ0v) is 16.6. The minimum atomic E-state index is 0.400. The lowest BCUT2D eigenvalue weighted by Gasteiger charge is -2.26. The molecule has 0 amide bonds. The summed E-state index contributed by atoms with van der Waals surface area (Å²) in [5.41, 5.74) is 1.22. The number of morpholine rings is 1. The van der Waals surface area contributed by atoms with Crippen molar-refractivity contribution in [2.24, 2.45) is 4.99 Å². The van der Waals surface area contributed by atoms with Crippen molar-refractivity contribution in [1.82, 2.24) is 15.5 Å². The van der Waals surface area contributed by atoms with Gasteiger partial charge in [-0.05, 0) is 43.4 Å². The first-order valence-corrected chi connectivity index (χ1v) is 10.3. The van der Waals surface area contributed by atoms with Crippen LogP contribution in [0.5, 0.6) is 5.75 Å². The van der Waals surface area contributed by atoms with E-state index in [0.717, 1.165) is 57.6 Å². The lowest BCUT2D eigenvalue weighted by Crippen LogP contribution is -2.44. The molecular formula is C21H34N4O2. The van der Waals surface area contributed by atoms with Gasteiger partial charge in [0.25, 0.3) is 0 Å². The zero-order valence-electron chi connectivity index (χ0n) is 16.6. The lowest BCUT2D eigenvalue weighted by atomic mass is 9.98. The maximum Gasteiger partial charge on any atom is 0.191 e. The molecule has 27 heavy (non-hydrogen) atoms. The van der Waals surface area contributed by atoms with Gasteiger partial charge >= 0.3 is 0 Å². The van der Waals surface area contributed by atoms with Crippen molar-refractivity contribution in [3.63, 3.8) is 0 Å². The Morgan fingerprint density at radius 1 is 1.11 bits per heavy atom. The van der Waals surface area contributed by atoms with Crippen LogP contribution in [-0.4, -0.2) is 63.4 Å². The molecule has 1 aromatic carbocycles. The lowest BCUT2D eigenvalue weighted by molar-refractivity contribution is 0.0389. The van der Waals surface area contributed by atoms with Gasteiger partial charge in [0, 0.05) is 39.8 Å². The molecule has 1 saturated carbocycles. The van der Waals surface area contributed by atoms with E-state index >= 15 is 0 Å². The summed E-state index contributed by atoms with van der Waals surface area (Å²) >= 11 is 0. The van der Waals surface area contributed by atoms with Gasteiger partial charge in [-0.25, -0.2) is 0 Å². The van der Waals surface area contributed by atoms with Gasteiger partial charge in [0.15, 0.2) is 5.96 Å². The monoisotopic (exact) mass is 374 g/mol.